The quantitative estimate of drug-likeness (QED) is 0.0976. The fourth-order valence-corrected chi connectivity index (χ4v) is 0.373. The van der Waals surface area contributed by atoms with E-state index in [0.29, 0.717) is 0 Å². The molecule has 0 aliphatic heterocycles. The summed E-state index contributed by atoms with van der Waals surface area (Å²) in [7, 11) is 0. The van der Waals surface area contributed by atoms with Gasteiger partial charge in [0.15, 0.2) is 0 Å². The van der Waals surface area contributed by atoms with Gasteiger partial charge < -0.3 is 101 Å². The van der Waals surface area contributed by atoms with Gasteiger partial charge in [-0.2, -0.15) is 0 Å². The molecule has 0 spiro atoms. The monoisotopic (exact) mass is 654 g/mol. The number of hydrogen-bond acceptors (Lipinski definition) is 20. The zero-order chi connectivity index (χ0) is 29.3. The molecule has 22 heteroatoms. The second kappa shape index (κ2) is 35.5. The van der Waals surface area contributed by atoms with E-state index in [1.165, 1.54) is 0 Å². The fraction of sp³-hybridized carbons (Fsp3) is 0.667. The van der Waals surface area contributed by atoms with E-state index in [1.807, 2.05) is 0 Å². The molecular formula is C15H25KO20Zr. The smallest absolute Gasteiger partial charge is 0.547 e. The molecule has 0 saturated heterocycles. The summed E-state index contributed by atoms with van der Waals surface area (Å²) >= 11 is 0. The number of carbonyl (C=O) groups excluding carboxylic acids is 5. The number of aliphatic hydroxyl groups is 10. The SMILES string of the molecule is O=C([O-])C(O)CO.O=C([O-])C(O)CO.O=C([O-])C(O)CO.O=C([O-])C(O)CO.O=C([O-])C(O)CO.[K+].[Zr+4]. The molecule has 0 aromatic heterocycles. The number of carbonyl (C=O) groups is 5. The molecule has 0 rings (SSSR count). The van der Waals surface area contributed by atoms with E-state index >= 15 is 0 Å². The number of hydrogen-bond donors (Lipinski definition) is 10. The minimum absolute atomic E-state index is 0. The summed E-state index contributed by atoms with van der Waals surface area (Å²) in [6.45, 7) is -3.95. The van der Waals surface area contributed by atoms with Crippen LogP contribution in [-0.4, -0.2) is 144 Å². The van der Waals surface area contributed by atoms with Crippen LogP contribution >= 0.6 is 0 Å². The third-order valence-corrected chi connectivity index (χ3v) is 2.23. The largest absolute Gasteiger partial charge is 4.00 e. The van der Waals surface area contributed by atoms with Crippen LogP contribution in [0.2, 0.25) is 0 Å². The summed E-state index contributed by atoms with van der Waals surface area (Å²) in [5, 5.41) is 126. The fourth-order valence-electron chi connectivity index (χ4n) is 0.373. The number of carboxylic acid groups (broad SMARTS) is 5. The van der Waals surface area contributed by atoms with E-state index < -0.39 is 93.4 Å². The van der Waals surface area contributed by atoms with Gasteiger partial charge >= 0.3 is 77.6 Å². The van der Waals surface area contributed by atoms with Crippen molar-refractivity contribution in [2.45, 2.75) is 30.5 Å². The van der Waals surface area contributed by atoms with Gasteiger partial charge in [-0.05, 0) is 0 Å². The molecule has 0 amide bonds. The van der Waals surface area contributed by atoms with Crippen LogP contribution in [0.4, 0.5) is 0 Å². The molecule has 0 fully saturated rings. The maximum absolute atomic E-state index is 9.41. The molecule has 0 aromatic rings. The Bertz CT molecular complexity index is 476. The Balaban J connectivity index is -0.0000000600. The summed E-state index contributed by atoms with van der Waals surface area (Å²) < 4.78 is 0. The van der Waals surface area contributed by atoms with Crippen molar-refractivity contribution in [1.82, 2.24) is 0 Å². The first-order chi connectivity index (χ1) is 15.9. The van der Waals surface area contributed by atoms with Gasteiger partial charge in [-0.3, -0.25) is 0 Å². The van der Waals surface area contributed by atoms with Crippen molar-refractivity contribution in [2.75, 3.05) is 33.0 Å². The van der Waals surface area contributed by atoms with Crippen LogP contribution in [-0.2, 0) is 50.2 Å². The van der Waals surface area contributed by atoms with Crippen LogP contribution < -0.4 is 76.9 Å². The van der Waals surface area contributed by atoms with Crippen LogP contribution in [0.1, 0.15) is 0 Å². The van der Waals surface area contributed by atoms with Gasteiger partial charge in [0, 0.05) is 0 Å². The summed E-state index contributed by atoms with van der Waals surface area (Å²) in [4.78, 5) is 47.0. The van der Waals surface area contributed by atoms with Crippen molar-refractivity contribution in [2.24, 2.45) is 0 Å². The van der Waals surface area contributed by atoms with E-state index in [0.717, 1.165) is 0 Å². The Morgan fingerprint density at radius 2 is 0.486 bits per heavy atom. The number of aliphatic carboxylic acids is 5. The van der Waals surface area contributed by atoms with E-state index in [9.17, 15) is 49.5 Å². The minimum Gasteiger partial charge on any atom is -0.547 e. The molecule has 0 heterocycles. The average Bonchev–Trinajstić information content (AvgIpc) is 2.82. The molecule has 20 nitrogen and oxygen atoms in total. The molecule has 0 bridgehead atoms. The summed E-state index contributed by atoms with van der Waals surface area (Å²) in [5.41, 5.74) is 0. The molecule has 10 N–H and O–H groups in total. The van der Waals surface area contributed by atoms with Crippen LogP contribution in [0.15, 0.2) is 0 Å². The Morgan fingerprint density at radius 3 is 0.486 bits per heavy atom. The first-order valence-electron chi connectivity index (χ1n) is 8.40. The summed E-state index contributed by atoms with van der Waals surface area (Å²) in [6, 6.07) is 0. The molecule has 0 saturated carbocycles. The zero-order valence-electron chi connectivity index (χ0n) is 19.0. The summed E-state index contributed by atoms with van der Waals surface area (Å²) in [5.74, 6) is -8.25. The molecule has 5 atom stereocenters. The number of carboxylic acids is 5. The van der Waals surface area contributed by atoms with Gasteiger partial charge in [0.2, 0.25) is 0 Å². The third kappa shape index (κ3) is 45.8. The zero-order valence-corrected chi connectivity index (χ0v) is 24.6. The molecule has 0 aromatic carbocycles. The van der Waals surface area contributed by atoms with Crippen molar-refractivity contribution in [3.05, 3.63) is 0 Å². The van der Waals surface area contributed by atoms with Gasteiger partial charge in [-0.1, -0.05) is 0 Å². The molecule has 0 aliphatic carbocycles. The van der Waals surface area contributed by atoms with Gasteiger partial charge in [-0.25, -0.2) is 0 Å². The van der Waals surface area contributed by atoms with Crippen molar-refractivity contribution >= 4 is 29.8 Å². The molecule has 37 heavy (non-hydrogen) atoms. The van der Waals surface area contributed by atoms with E-state index in [-0.39, 0.29) is 77.6 Å². The van der Waals surface area contributed by atoms with Gasteiger partial charge in [-0.15, -0.1) is 0 Å². The molecule has 5 unspecified atom stereocenters. The Hall–Kier alpha value is -0.531. The van der Waals surface area contributed by atoms with Crippen molar-refractivity contribution in [3.63, 3.8) is 0 Å². The van der Waals surface area contributed by atoms with Crippen LogP contribution in [0.25, 0.3) is 0 Å². The number of rotatable bonds is 10. The molecule has 210 valence electrons. The normalized spacial score (nSPS) is 12.7. The minimum atomic E-state index is -1.74. The topological polar surface area (TPSA) is 403 Å². The summed E-state index contributed by atoms with van der Waals surface area (Å²) in [6.07, 6.45) is -8.68. The van der Waals surface area contributed by atoms with E-state index in [2.05, 4.69) is 0 Å². The second-order valence-corrected chi connectivity index (χ2v) is 5.09. The van der Waals surface area contributed by atoms with Crippen LogP contribution in [0.5, 0.6) is 0 Å². The van der Waals surface area contributed by atoms with Crippen molar-refractivity contribution in [1.29, 1.82) is 0 Å². The van der Waals surface area contributed by atoms with Crippen molar-refractivity contribution < 1.29 is 178 Å². The van der Waals surface area contributed by atoms with Gasteiger partial charge in [0.25, 0.3) is 0 Å². The van der Waals surface area contributed by atoms with Gasteiger partial charge in [0.1, 0.15) is 30.5 Å². The second-order valence-electron chi connectivity index (χ2n) is 5.09. The Kier molecular flexibility index (Phi) is 50.6. The molecule has 0 radical (unpaired) electrons. The predicted molar refractivity (Wildman–Crippen MR) is 90.5 cm³/mol. The third-order valence-electron chi connectivity index (χ3n) is 2.23. The maximum Gasteiger partial charge on any atom is 4.00 e. The Morgan fingerprint density at radius 1 is 0.405 bits per heavy atom. The van der Waals surface area contributed by atoms with Gasteiger partial charge in [0.05, 0.1) is 62.9 Å². The Labute approximate surface area is 269 Å². The average molecular weight is 656 g/mol. The maximum atomic E-state index is 9.41. The predicted octanol–water partition coefficient (Wildman–Crippen LogP) is -17.6. The number of aliphatic hydroxyl groups excluding tert-OH is 10. The van der Waals surface area contributed by atoms with Crippen LogP contribution in [0.3, 0.4) is 0 Å². The standard InChI is InChI=1S/5C3H6O4.K.Zr/c5*4-1-2(5)3(6)7;;/h5*2,4-5H,1H2,(H,6,7);;/q;;;;;+1;+4/p-5. The molecule has 0 aliphatic rings. The van der Waals surface area contributed by atoms with Crippen LogP contribution in [0, 0.1) is 0 Å². The van der Waals surface area contributed by atoms with Crippen molar-refractivity contribution in [3.8, 4) is 0 Å². The first kappa shape index (κ1) is 52.8. The van der Waals surface area contributed by atoms with E-state index in [1.54, 1.807) is 0 Å². The van der Waals surface area contributed by atoms with E-state index in [4.69, 9.17) is 51.1 Å². The molecular weight excluding hydrogens is 630 g/mol. The first-order valence-corrected chi connectivity index (χ1v) is 8.40.